The van der Waals surface area contributed by atoms with Gasteiger partial charge in [0.25, 0.3) is 0 Å². The molecule has 0 aliphatic heterocycles. The van der Waals surface area contributed by atoms with E-state index in [1.54, 1.807) is 26.2 Å². The molecule has 4 heteroatoms. The summed E-state index contributed by atoms with van der Waals surface area (Å²) in [5.74, 6) is 0.299. The van der Waals surface area contributed by atoms with Gasteiger partial charge in [0.15, 0.2) is 0 Å². The number of hydrogen-bond acceptors (Lipinski definition) is 3. The van der Waals surface area contributed by atoms with Crippen LogP contribution in [0.3, 0.4) is 0 Å². The number of ether oxygens (including phenoxy) is 1. The highest BCUT2D eigenvalue weighted by Crippen LogP contribution is 2.47. The first-order valence-corrected chi connectivity index (χ1v) is 6.07. The highest BCUT2D eigenvalue weighted by Gasteiger charge is 2.39. The molecule has 18 heavy (non-hydrogen) atoms. The van der Waals surface area contributed by atoms with Gasteiger partial charge in [-0.2, -0.15) is 4.99 Å². The molecule has 96 valence electrons. The Balaban J connectivity index is 2.67. The second kappa shape index (κ2) is 4.91. The average Bonchev–Trinajstić information content (AvgIpc) is 2.82. The van der Waals surface area contributed by atoms with Crippen molar-refractivity contribution in [3.63, 3.8) is 0 Å². The summed E-state index contributed by atoms with van der Waals surface area (Å²) in [6.07, 6.45) is 5.07. The van der Waals surface area contributed by atoms with Crippen LogP contribution >= 0.6 is 0 Å². The van der Waals surface area contributed by atoms with Crippen molar-refractivity contribution in [3.8, 4) is 5.75 Å². The number of halogens is 1. The van der Waals surface area contributed by atoms with Gasteiger partial charge in [0.05, 0.1) is 7.11 Å². The Bertz CT molecular complexity index is 501. The van der Waals surface area contributed by atoms with E-state index in [4.69, 9.17) is 4.74 Å². The van der Waals surface area contributed by atoms with E-state index in [1.165, 1.54) is 6.07 Å². The summed E-state index contributed by atoms with van der Waals surface area (Å²) in [5.41, 5.74) is 0.556. The zero-order valence-corrected chi connectivity index (χ0v) is 10.6. The minimum absolute atomic E-state index is 0.293. The predicted octanol–water partition coefficient (Wildman–Crippen LogP) is 3.25. The molecule has 1 aliphatic rings. The Hall–Kier alpha value is -1.67. The fraction of sp³-hybridized carbons (Fsp3) is 0.500. The topological polar surface area (TPSA) is 38.7 Å². The highest BCUT2D eigenvalue weighted by atomic mass is 19.1. The van der Waals surface area contributed by atoms with Crippen LogP contribution < -0.4 is 4.74 Å². The van der Waals surface area contributed by atoms with E-state index in [0.717, 1.165) is 25.7 Å². The molecule has 1 aromatic rings. The van der Waals surface area contributed by atoms with Crippen LogP contribution in [0.5, 0.6) is 5.75 Å². The molecule has 0 aromatic heterocycles. The zero-order chi connectivity index (χ0) is 13.2. The molecule has 1 aliphatic carbocycles. The number of aliphatic imine (C=N–C) groups is 1. The van der Waals surface area contributed by atoms with Gasteiger partial charge in [-0.25, -0.2) is 9.18 Å². The molecule has 2 rings (SSSR count). The first-order chi connectivity index (χ1) is 8.64. The summed E-state index contributed by atoms with van der Waals surface area (Å²) in [6, 6.07) is 2.98. The molecule has 1 fully saturated rings. The van der Waals surface area contributed by atoms with Gasteiger partial charge >= 0.3 is 0 Å². The van der Waals surface area contributed by atoms with Crippen molar-refractivity contribution in [2.24, 2.45) is 4.99 Å². The molecule has 1 aromatic carbocycles. The van der Waals surface area contributed by atoms with E-state index in [1.807, 2.05) is 0 Å². The summed E-state index contributed by atoms with van der Waals surface area (Å²) < 4.78 is 19.1. The summed E-state index contributed by atoms with van der Waals surface area (Å²) in [6.45, 7) is 1.70. The minimum atomic E-state index is -0.653. The molecule has 0 bridgehead atoms. The molecule has 0 N–H and O–H groups in total. The van der Waals surface area contributed by atoms with Crippen LogP contribution in [-0.4, -0.2) is 13.2 Å². The molecule has 0 atom stereocenters. The number of nitrogens with zero attached hydrogens (tertiary/aromatic N) is 1. The second-order valence-electron chi connectivity index (χ2n) is 4.69. The number of carbonyl (C=O) groups excluding carboxylic acids is 1. The molecule has 0 saturated heterocycles. The van der Waals surface area contributed by atoms with Crippen LogP contribution in [0.4, 0.5) is 4.39 Å². The lowest BCUT2D eigenvalue weighted by Gasteiger charge is -2.27. The maximum absolute atomic E-state index is 13.8. The molecule has 0 radical (unpaired) electrons. The smallest absolute Gasteiger partial charge is 0.235 e. The van der Waals surface area contributed by atoms with E-state index in [-0.39, 0.29) is 5.82 Å². The standard InChI is InChI=1S/C14H16FNO2/c1-10-11(15)5-6-12(18-2)13(10)14(16-9-17)7-3-4-8-14/h5-6H,3-4,7-8H2,1-2H3. The quantitative estimate of drug-likeness (QED) is 0.609. The number of isocyanates is 1. The maximum atomic E-state index is 13.8. The Morgan fingerprint density at radius 3 is 2.61 bits per heavy atom. The summed E-state index contributed by atoms with van der Waals surface area (Å²) in [7, 11) is 1.55. The van der Waals surface area contributed by atoms with Gasteiger partial charge in [-0.05, 0) is 37.5 Å². The maximum Gasteiger partial charge on any atom is 0.235 e. The van der Waals surface area contributed by atoms with E-state index < -0.39 is 5.54 Å². The SMILES string of the molecule is COc1ccc(F)c(C)c1C1(N=C=O)CCCC1. The van der Waals surface area contributed by atoms with Crippen LogP contribution in [0.2, 0.25) is 0 Å². The van der Waals surface area contributed by atoms with E-state index in [2.05, 4.69) is 4.99 Å². The number of methoxy groups -OCH3 is 1. The Labute approximate surface area is 106 Å². The van der Waals surface area contributed by atoms with E-state index in [0.29, 0.717) is 16.9 Å². The lowest BCUT2D eigenvalue weighted by atomic mass is 9.85. The lowest BCUT2D eigenvalue weighted by molar-refractivity contribution is 0.375. The second-order valence-corrected chi connectivity index (χ2v) is 4.69. The van der Waals surface area contributed by atoms with Gasteiger partial charge in [-0.3, -0.25) is 0 Å². The zero-order valence-electron chi connectivity index (χ0n) is 10.6. The van der Waals surface area contributed by atoms with E-state index in [9.17, 15) is 9.18 Å². The highest BCUT2D eigenvalue weighted by molar-refractivity contribution is 5.49. The van der Waals surface area contributed by atoms with Gasteiger partial charge < -0.3 is 4.74 Å². The van der Waals surface area contributed by atoms with Crippen molar-refractivity contribution in [2.75, 3.05) is 7.11 Å². The monoisotopic (exact) mass is 249 g/mol. The van der Waals surface area contributed by atoms with Crippen LogP contribution in [0.25, 0.3) is 0 Å². The van der Waals surface area contributed by atoms with Crippen molar-refractivity contribution in [3.05, 3.63) is 29.1 Å². The molecule has 0 amide bonds. The fourth-order valence-corrected chi connectivity index (χ4v) is 2.87. The average molecular weight is 249 g/mol. The summed E-state index contributed by atoms with van der Waals surface area (Å²) in [5, 5.41) is 0. The first kappa shape index (κ1) is 12.8. The third-order valence-electron chi connectivity index (χ3n) is 3.74. The molecule has 0 heterocycles. The van der Waals surface area contributed by atoms with Gasteiger partial charge in [0.1, 0.15) is 17.1 Å². The largest absolute Gasteiger partial charge is 0.496 e. The Morgan fingerprint density at radius 2 is 2.06 bits per heavy atom. The van der Waals surface area contributed by atoms with Gasteiger partial charge in [-0.1, -0.05) is 12.8 Å². The normalized spacial score (nSPS) is 17.3. The number of benzene rings is 1. The number of rotatable bonds is 3. The van der Waals surface area contributed by atoms with Crippen LogP contribution in [0.15, 0.2) is 17.1 Å². The third kappa shape index (κ3) is 1.93. The summed E-state index contributed by atoms with van der Waals surface area (Å²) >= 11 is 0. The van der Waals surface area contributed by atoms with Crippen molar-refractivity contribution >= 4 is 6.08 Å². The van der Waals surface area contributed by atoms with Gasteiger partial charge in [0, 0.05) is 5.56 Å². The predicted molar refractivity (Wildman–Crippen MR) is 66.0 cm³/mol. The number of hydrogen-bond donors (Lipinski definition) is 0. The Kier molecular flexibility index (Phi) is 3.48. The van der Waals surface area contributed by atoms with Crippen molar-refractivity contribution in [2.45, 2.75) is 38.1 Å². The molecule has 1 saturated carbocycles. The van der Waals surface area contributed by atoms with Crippen molar-refractivity contribution in [1.29, 1.82) is 0 Å². The van der Waals surface area contributed by atoms with Crippen molar-refractivity contribution < 1.29 is 13.9 Å². The van der Waals surface area contributed by atoms with Crippen LogP contribution in [0.1, 0.15) is 36.8 Å². The molecular formula is C14H16FNO2. The van der Waals surface area contributed by atoms with Crippen molar-refractivity contribution in [1.82, 2.24) is 0 Å². The Morgan fingerprint density at radius 1 is 1.39 bits per heavy atom. The minimum Gasteiger partial charge on any atom is -0.496 e. The van der Waals surface area contributed by atoms with Gasteiger partial charge in [-0.15, -0.1) is 0 Å². The lowest BCUT2D eigenvalue weighted by Crippen LogP contribution is -2.22. The van der Waals surface area contributed by atoms with Gasteiger partial charge in [0.2, 0.25) is 6.08 Å². The molecule has 0 spiro atoms. The fourth-order valence-electron chi connectivity index (χ4n) is 2.87. The summed E-state index contributed by atoms with van der Waals surface area (Å²) in [4.78, 5) is 14.7. The molecule has 0 unspecified atom stereocenters. The molecule has 3 nitrogen and oxygen atoms in total. The van der Waals surface area contributed by atoms with E-state index >= 15 is 0 Å². The van der Waals surface area contributed by atoms with Crippen LogP contribution in [-0.2, 0) is 10.3 Å². The molecular weight excluding hydrogens is 233 g/mol. The third-order valence-corrected chi connectivity index (χ3v) is 3.74. The van der Waals surface area contributed by atoms with Crippen LogP contribution in [0, 0.1) is 12.7 Å². The first-order valence-electron chi connectivity index (χ1n) is 6.07.